The number of aliphatic hydroxyl groups is 1. The van der Waals surface area contributed by atoms with Crippen LogP contribution in [0.2, 0.25) is 0 Å². The van der Waals surface area contributed by atoms with Crippen molar-refractivity contribution in [2.75, 3.05) is 20.3 Å². The number of rotatable bonds is 4. The minimum Gasteiger partial charge on any atom is -0.462 e. The molecule has 0 saturated carbocycles. The molecule has 0 aromatic heterocycles. The highest BCUT2D eigenvalue weighted by Gasteiger charge is 2.38. The van der Waals surface area contributed by atoms with E-state index in [4.69, 9.17) is 9.84 Å². The number of hydrogen-bond acceptors (Lipinski definition) is 4. The number of likely N-dealkylation sites (N-methyl/N-ethyl adjacent to an activating group) is 1. The van der Waals surface area contributed by atoms with Gasteiger partial charge in [-0.25, -0.2) is 4.79 Å². The molecular weight excluding hydrogens is 206 g/mol. The minimum atomic E-state index is -0.203. The average Bonchev–Trinajstić information content (AvgIpc) is 2.53. The van der Waals surface area contributed by atoms with Gasteiger partial charge in [-0.2, -0.15) is 0 Å². The third-order valence-electron chi connectivity index (χ3n) is 3.58. The van der Waals surface area contributed by atoms with Crippen molar-refractivity contribution in [3.8, 4) is 0 Å². The lowest BCUT2D eigenvalue weighted by atomic mass is 10.0. The van der Waals surface area contributed by atoms with Crippen molar-refractivity contribution in [1.29, 1.82) is 0 Å². The highest BCUT2D eigenvalue weighted by atomic mass is 16.5. The molecule has 2 heterocycles. The fourth-order valence-electron chi connectivity index (χ4n) is 2.60. The monoisotopic (exact) mass is 225 g/mol. The topological polar surface area (TPSA) is 49.8 Å². The first-order valence-corrected chi connectivity index (χ1v) is 5.94. The summed E-state index contributed by atoms with van der Waals surface area (Å²) in [6.45, 7) is 0.379. The predicted molar refractivity (Wildman–Crippen MR) is 59.9 cm³/mol. The van der Waals surface area contributed by atoms with Gasteiger partial charge < -0.3 is 9.84 Å². The molecule has 2 bridgehead atoms. The zero-order valence-corrected chi connectivity index (χ0v) is 9.69. The molecular formula is C12H19NO3. The Morgan fingerprint density at radius 1 is 1.62 bits per heavy atom. The number of fused-ring (bicyclic) bond motifs is 2. The Morgan fingerprint density at radius 3 is 3.19 bits per heavy atom. The van der Waals surface area contributed by atoms with E-state index in [-0.39, 0.29) is 18.6 Å². The summed E-state index contributed by atoms with van der Waals surface area (Å²) in [5.41, 5.74) is 0.814. The molecule has 2 aliphatic rings. The van der Waals surface area contributed by atoms with E-state index < -0.39 is 0 Å². The van der Waals surface area contributed by atoms with Gasteiger partial charge in [0.05, 0.1) is 12.2 Å². The molecule has 2 aliphatic heterocycles. The lowest BCUT2D eigenvalue weighted by molar-refractivity contribution is -0.140. The molecule has 4 heteroatoms. The van der Waals surface area contributed by atoms with E-state index in [2.05, 4.69) is 11.9 Å². The van der Waals surface area contributed by atoms with Gasteiger partial charge in [0.25, 0.3) is 0 Å². The molecule has 2 atom stereocenters. The van der Waals surface area contributed by atoms with E-state index in [1.807, 2.05) is 6.08 Å². The van der Waals surface area contributed by atoms with Crippen LogP contribution >= 0.6 is 0 Å². The normalized spacial score (nSPS) is 29.0. The van der Waals surface area contributed by atoms with Crippen LogP contribution in [0.25, 0.3) is 0 Å². The molecule has 16 heavy (non-hydrogen) atoms. The fraction of sp³-hybridized carbons (Fsp3) is 0.750. The van der Waals surface area contributed by atoms with Gasteiger partial charge in [-0.1, -0.05) is 6.08 Å². The van der Waals surface area contributed by atoms with Gasteiger partial charge in [0.2, 0.25) is 0 Å². The van der Waals surface area contributed by atoms with Gasteiger partial charge >= 0.3 is 5.97 Å². The first kappa shape index (κ1) is 11.6. The third-order valence-corrected chi connectivity index (χ3v) is 3.58. The molecule has 0 unspecified atom stereocenters. The standard InChI is InChI=1S/C12H19NO3/c1-13-9-3-5-10(11(13)6-4-9)12(15)16-8-2-7-14/h5,9,11,14H,2-4,6-8H2,1H3/t9-,11-/m1/s1. The van der Waals surface area contributed by atoms with Gasteiger partial charge in [-0.05, 0) is 26.3 Å². The lowest BCUT2D eigenvalue weighted by Gasteiger charge is -2.30. The van der Waals surface area contributed by atoms with Crippen molar-refractivity contribution in [2.24, 2.45) is 0 Å². The number of esters is 1. The van der Waals surface area contributed by atoms with Crippen LogP contribution in [0.3, 0.4) is 0 Å². The maximum absolute atomic E-state index is 11.8. The lowest BCUT2D eigenvalue weighted by Crippen LogP contribution is -2.39. The summed E-state index contributed by atoms with van der Waals surface area (Å²) < 4.78 is 5.13. The molecule has 0 radical (unpaired) electrons. The van der Waals surface area contributed by atoms with Crippen molar-refractivity contribution >= 4 is 5.97 Å². The molecule has 0 aromatic carbocycles. The number of ether oxygens (including phenoxy) is 1. The highest BCUT2D eigenvalue weighted by Crippen LogP contribution is 2.34. The molecule has 0 amide bonds. The van der Waals surface area contributed by atoms with E-state index in [0.29, 0.717) is 19.1 Å². The van der Waals surface area contributed by atoms with Crippen LogP contribution in [0, 0.1) is 0 Å². The fourth-order valence-corrected chi connectivity index (χ4v) is 2.60. The second-order valence-electron chi connectivity index (χ2n) is 4.52. The molecule has 1 fully saturated rings. The second-order valence-corrected chi connectivity index (χ2v) is 4.52. The number of carbonyl (C=O) groups is 1. The van der Waals surface area contributed by atoms with Crippen LogP contribution in [0.1, 0.15) is 25.7 Å². The Balaban J connectivity index is 1.94. The first-order chi connectivity index (χ1) is 7.74. The minimum absolute atomic E-state index is 0.0672. The largest absolute Gasteiger partial charge is 0.462 e. The van der Waals surface area contributed by atoms with Crippen LogP contribution in [-0.2, 0) is 9.53 Å². The van der Waals surface area contributed by atoms with Crippen molar-refractivity contribution < 1.29 is 14.6 Å². The number of hydrogen-bond donors (Lipinski definition) is 1. The Bertz CT molecular complexity index is 301. The highest BCUT2D eigenvalue weighted by molar-refractivity contribution is 5.90. The maximum Gasteiger partial charge on any atom is 0.335 e. The molecule has 0 spiro atoms. The van der Waals surface area contributed by atoms with Crippen molar-refractivity contribution in [3.63, 3.8) is 0 Å². The smallest absolute Gasteiger partial charge is 0.335 e. The third kappa shape index (κ3) is 2.13. The predicted octanol–water partition coefficient (Wildman–Crippen LogP) is 0.705. The van der Waals surface area contributed by atoms with Crippen LogP contribution in [0.4, 0.5) is 0 Å². The number of aliphatic hydroxyl groups excluding tert-OH is 1. The van der Waals surface area contributed by atoms with E-state index in [0.717, 1.165) is 18.4 Å². The first-order valence-electron chi connectivity index (χ1n) is 5.94. The van der Waals surface area contributed by atoms with Crippen LogP contribution in [-0.4, -0.2) is 48.3 Å². The number of carbonyl (C=O) groups excluding carboxylic acids is 1. The van der Waals surface area contributed by atoms with Gasteiger partial charge in [-0.15, -0.1) is 0 Å². The van der Waals surface area contributed by atoms with E-state index in [1.54, 1.807) is 0 Å². The quantitative estimate of drug-likeness (QED) is 0.565. The Morgan fingerprint density at radius 2 is 2.44 bits per heavy atom. The summed E-state index contributed by atoms with van der Waals surface area (Å²) in [5, 5.41) is 8.62. The van der Waals surface area contributed by atoms with Gasteiger partial charge in [0.15, 0.2) is 0 Å². The van der Waals surface area contributed by atoms with Gasteiger partial charge in [-0.3, -0.25) is 4.90 Å². The molecule has 1 N–H and O–H groups in total. The second kappa shape index (κ2) is 4.97. The van der Waals surface area contributed by atoms with Crippen molar-refractivity contribution in [1.82, 2.24) is 4.90 Å². The molecule has 4 nitrogen and oxygen atoms in total. The molecule has 90 valence electrons. The van der Waals surface area contributed by atoms with Crippen LogP contribution < -0.4 is 0 Å². The van der Waals surface area contributed by atoms with Crippen molar-refractivity contribution in [3.05, 3.63) is 11.6 Å². The Labute approximate surface area is 95.9 Å². The molecule has 0 aromatic rings. The summed E-state index contributed by atoms with van der Waals surface area (Å²) >= 11 is 0. The SMILES string of the molecule is CN1[C@@H]2CC=C(C(=O)OCCCO)[C@H]1CC2. The van der Waals surface area contributed by atoms with Gasteiger partial charge in [0, 0.05) is 25.1 Å². The Kier molecular flexibility index (Phi) is 3.61. The summed E-state index contributed by atoms with van der Waals surface area (Å²) in [7, 11) is 2.08. The van der Waals surface area contributed by atoms with Gasteiger partial charge in [0.1, 0.15) is 0 Å². The van der Waals surface area contributed by atoms with E-state index >= 15 is 0 Å². The summed E-state index contributed by atoms with van der Waals surface area (Å²) in [6.07, 6.45) is 5.73. The molecule has 2 rings (SSSR count). The zero-order valence-electron chi connectivity index (χ0n) is 9.69. The average molecular weight is 225 g/mol. The van der Waals surface area contributed by atoms with E-state index in [1.165, 1.54) is 6.42 Å². The van der Waals surface area contributed by atoms with Crippen molar-refractivity contribution in [2.45, 2.75) is 37.8 Å². The van der Waals surface area contributed by atoms with Crippen LogP contribution in [0.5, 0.6) is 0 Å². The Hall–Kier alpha value is -0.870. The summed E-state index contributed by atoms with van der Waals surface area (Å²) in [5.74, 6) is -0.203. The number of nitrogens with zero attached hydrogens (tertiary/aromatic N) is 1. The zero-order chi connectivity index (χ0) is 11.5. The van der Waals surface area contributed by atoms with Crippen LogP contribution in [0.15, 0.2) is 11.6 Å². The molecule has 1 saturated heterocycles. The maximum atomic E-state index is 11.8. The summed E-state index contributed by atoms with van der Waals surface area (Å²) in [6, 6.07) is 0.861. The van der Waals surface area contributed by atoms with E-state index in [9.17, 15) is 4.79 Å². The molecule has 0 aliphatic carbocycles. The summed E-state index contributed by atoms with van der Waals surface area (Å²) in [4.78, 5) is 14.1.